The van der Waals surface area contributed by atoms with Crippen molar-refractivity contribution in [1.82, 2.24) is 31.9 Å². The van der Waals surface area contributed by atoms with Crippen LogP contribution >= 0.6 is 0 Å². The van der Waals surface area contributed by atoms with E-state index >= 15 is 0 Å². The number of nitrogens with two attached hydrogens (primary N) is 2. The summed E-state index contributed by atoms with van der Waals surface area (Å²) < 4.78 is 0. The lowest BCUT2D eigenvalue weighted by molar-refractivity contribution is -0.136. The van der Waals surface area contributed by atoms with Crippen molar-refractivity contribution in [2.45, 2.75) is 160 Å². The van der Waals surface area contributed by atoms with Crippen molar-refractivity contribution >= 4 is 36.7 Å². The van der Waals surface area contributed by atoms with Gasteiger partial charge in [-0.1, -0.05) is 45.4 Å². The van der Waals surface area contributed by atoms with Crippen LogP contribution < -0.4 is 43.4 Å². The molecule has 5 amide bonds. The van der Waals surface area contributed by atoms with Crippen LogP contribution in [0.1, 0.15) is 124 Å². The monoisotopic (exact) mass is 729 g/mol. The molecule has 51 heavy (non-hydrogen) atoms. The fraction of sp³-hybridized carbons (Fsp3) is 0.853. The van der Waals surface area contributed by atoms with Crippen molar-refractivity contribution in [3.63, 3.8) is 0 Å². The van der Waals surface area contributed by atoms with Gasteiger partial charge in [0.15, 0.2) is 0 Å². The van der Waals surface area contributed by atoms with Gasteiger partial charge in [0.1, 0.15) is 24.2 Å². The second kappa shape index (κ2) is 29.7. The van der Waals surface area contributed by atoms with E-state index in [-0.39, 0.29) is 25.2 Å². The lowest BCUT2D eigenvalue weighted by Crippen LogP contribution is -2.60. The molecule has 296 valence electrons. The smallest absolute Gasteiger partial charge is 0.426 e. The SMILES string of the molecule is CCCCCCCCCNCCCC(=O)NC(CCCCN)C(=O)NC(C(=O)NC(C)C(=O)NC(CCCCN)C(=O)NC(C)B(O)O)C(C)O. The summed E-state index contributed by atoms with van der Waals surface area (Å²) >= 11 is 0. The van der Waals surface area contributed by atoms with Crippen LogP contribution in [-0.4, -0.2) is 114 Å². The second-order valence-electron chi connectivity index (χ2n) is 13.4. The Bertz CT molecular complexity index is 994. The summed E-state index contributed by atoms with van der Waals surface area (Å²) in [6.07, 6.45) is 10.8. The average Bonchev–Trinajstić information content (AvgIpc) is 3.08. The number of carbonyl (C=O) groups is 5. The van der Waals surface area contributed by atoms with Gasteiger partial charge in [0.25, 0.3) is 0 Å². The lowest BCUT2D eigenvalue weighted by Gasteiger charge is -2.27. The minimum Gasteiger partial charge on any atom is -0.426 e. The topological polar surface area (TPSA) is 270 Å². The third-order valence-electron chi connectivity index (χ3n) is 8.52. The Morgan fingerprint density at radius 2 is 1.14 bits per heavy atom. The van der Waals surface area contributed by atoms with E-state index in [2.05, 4.69) is 38.8 Å². The van der Waals surface area contributed by atoms with Crippen LogP contribution in [0.5, 0.6) is 0 Å². The van der Waals surface area contributed by atoms with E-state index < -0.39 is 67.0 Å². The third kappa shape index (κ3) is 23.4. The van der Waals surface area contributed by atoms with Gasteiger partial charge in [0.2, 0.25) is 29.5 Å². The molecule has 0 aliphatic carbocycles. The zero-order valence-corrected chi connectivity index (χ0v) is 31.5. The van der Waals surface area contributed by atoms with E-state index in [9.17, 15) is 39.1 Å². The normalized spacial score (nSPS) is 14.7. The lowest BCUT2D eigenvalue weighted by atomic mass is 9.81. The molecule has 13 N–H and O–H groups in total. The summed E-state index contributed by atoms with van der Waals surface area (Å²) in [6, 6.07) is -4.64. The van der Waals surface area contributed by atoms with Crippen molar-refractivity contribution in [2.24, 2.45) is 11.5 Å². The molecular formula is C34H69BN8O8. The highest BCUT2D eigenvalue weighted by Gasteiger charge is 2.32. The van der Waals surface area contributed by atoms with Gasteiger partial charge in [-0.05, 0) is 98.3 Å². The second-order valence-corrected chi connectivity index (χ2v) is 13.4. The van der Waals surface area contributed by atoms with Crippen molar-refractivity contribution in [2.75, 3.05) is 26.2 Å². The van der Waals surface area contributed by atoms with Gasteiger partial charge >= 0.3 is 7.12 Å². The number of hydrogen-bond acceptors (Lipinski definition) is 11. The number of hydrogen-bond donors (Lipinski definition) is 11. The van der Waals surface area contributed by atoms with Gasteiger partial charge in [-0.25, -0.2) is 0 Å². The first-order valence-electron chi connectivity index (χ1n) is 18.9. The fourth-order valence-corrected chi connectivity index (χ4v) is 5.22. The van der Waals surface area contributed by atoms with Crippen LogP contribution in [-0.2, 0) is 24.0 Å². The molecular weight excluding hydrogens is 659 g/mol. The number of aliphatic hydroxyl groups excluding tert-OH is 1. The van der Waals surface area contributed by atoms with Crippen LogP contribution in [0.4, 0.5) is 0 Å². The molecule has 0 aromatic rings. The first-order chi connectivity index (χ1) is 24.3. The summed E-state index contributed by atoms with van der Waals surface area (Å²) in [5.41, 5.74) is 11.2. The minimum atomic E-state index is -1.81. The Morgan fingerprint density at radius 1 is 0.608 bits per heavy atom. The zero-order chi connectivity index (χ0) is 38.6. The molecule has 0 aromatic carbocycles. The maximum Gasteiger partial charge on any atom is 0.475 e. The number of unbranched alkanes of at least 4 members (excludes halogenated alkanes) is 8. The Morgan fingerprint density at radius 3 is 1.69 bits per heavy atom. The van der Waals surface area contributed by atoms with Gasteiger partial charge in [-0.2, -0.15) is 0 Å². The molecule has 6 atom stereocenters. The number of rotatable bonds is 31. The number of amides is 5. The summed E-state index contributed by atoms with van der Waals surface area (Å²) in [7, 11) is -1.81. The van der Waals surface area contributed by atoms with E-state index in [1.807, 2.05) is 0 Å². The third-order valence-corrected chi connectivity index (χ3v) is 8.52. The number of aliphatic hydroxyl groups is 1. The van der Waals surface area contributed by atoms with E-state index in [1.54, 1.807) is 0 Å². The van der Waals surface area contributed by atoms with Crippen molar-refractivity contribution in [3.8, 4) is 0 Å². The average molecular weight is 729 g/mol. The quantitative estimate of drug-likeness (QED) is 0.0311. The molecule has 0 saturated heterocycles. The summed E-state index contributed by atoms with van der Waals surface area (Å²) in [5.74, 6) is -4.17. The van der Waals surface area contributed by atoms with E-state index in [0.717, 1.165) is 13.0 Å². The van der Waals surface area contributed by atoms with E-state index in [4.69, 9.17) is 11.5 Å². The van der Waals surface area contributed by atoms with Crippen LogP contribution in [0.25, 0.3) is 0 Å². The number of carbonyl (C=O) groups excluding carboxylic acids is 5. The van der Waals surface area contributed by atoms with Gasteiger partial charge in [-0.3, -0.25) is 24.0 Å². The van der Waals surface area contributed by atoms with Gasteiger partial charge in [0, 0.05) is 6.42 Å². The van der Waals surface area contributed by atoms with Crippen molar-refractivity contribution < 1.29 is 39.1 Å². The van der Waals surface area contributed by atoms with Crippen LogP contribution in [0.3, 0.4) is 0 Å². The molecule has 0 rings (SSSR count). The molecule has 0 aliphatic heterocycles. The van der Waals surface area contributed by atoms with Crippen LogP contribution in [0.15, 0.2) is 0 Å². The predicted molar refractivity (Wildman–Crippen MR) is 199 cm³/mol. The van der Waals surface area contributed by atoms with E-state index in [1.165, 1.54) is 59.3 Å². The maximum atomic E-state index is 13.3. The summed E-state index contributed by atoms with van der Waals surface area (Å²) in [4.78, 5) is 65.0. The molecule has 0 bridgehead atoms. The first kappa shape index (κ1) is 48.2. The van der Waals surface area contributed by atoms with E-state index in [0.29, 0.717) is 51.7 Å². The predicted octanol–water partition coefficient (Wildman–Crippen LogP) is -0.779. The fourth-order valence-electron chi connectivity index (χ4n) is 5.22. The molecule has 0 radical (unpaired) electrons. The highest BCUT2D eigenvalue weighted by molar-refractivity contribution is 6.43. The standard InChI is InChI=1S/C34H69BN8O8/c1-5-6-7-8-9-10-15-22-38-23-16-19-29(45)41-27(17-11-13-20-36)33(48)43-30(25(3)44)34(49)39-24(2)31(46)42-28(18-12-14-21-37)32(47)40-26(4)35(50)51/h24-28,30,38,44,50-51H,5-23,36-37H2,1-4H3,(H,39,49)(H,40,47)(H,41,45)(H,42,46)(H,43,48). The zero-order valence-electron chi connectivity index (χ0n) is 31.5. The minimum absolute atomic E-state index is 0.211. The molecule has 6 unspecified atom stereocenters. The molecule has 0 fully saturated rings. The molecule has 0 aromatic heterocycles. The molecule has 0 spiro atoms. The molecule has 17 heteroatoms. The molecule has 0 heterocycles. The van der Waals surface area contributed by atoms with Crippen molar-refractivity contribution in [1.29, 1.82) is 0 Å². The van der Waals surface area contributed by atoms with Gasteiger partial charge in [0.05, 0.1) is 12.0 Å². The number of nitrogens with one attached hydrogen (secondary N) is 6. The molecule has 16 nitrogen and oxygen atoms in total. The van der Waals surface area contributed by atoms with Gasteiger partial charge in [-0.15, -0.1) is 0 Å². The van der Waals surface area contributed by atoms with Gasteiger partial charge < -0.3 is 58.5 Å². The molecule has 0 aliphatic rings. The Balaban J connectivity index is 5.18. The first-order valence-corrected chi connectivity index (χ1v) is 18.9. The Kier molecular flexibility index (Phi) is 28.1. The highest BCUT2D eigenvalue weighted by atomic mass is 16.4. The largest absolute Gasteiger partial charge is 0.475 e. The summed E-state index contributed by atoms with van der Waals surface area (Å²) in [6.45, 7) is 8.63. The summed E-state index contributed by atoms with van der Waals surface area (Å²) in [5, 5.41) is 45.2. The Labute approximate surface area is 305 Å². The Hall–Kier alpha value is -2.83. The van der Waals surface area contributed by atoms with Crippen LogP contribution in [0, 0.1) is 0 Å². The van der Waals surface area contributed by atoms with Crippen molar-refractivity contribution in [3.05, 3.63) is 0 Å². The molecule has 0 saturated carbocycles. The highest BCUT2D eigenvalue weighted by Crippen LogP contribution is 2.08. The van der Waals surface area contributed by atoms with Crippen LogP contribution in [0.2, 0.25) is 0 Å². The maximum absolute atomic E-state index is 13.3.